The molecular formula is C22H16ClN3O3. The number of H-pyrrole nitrogens is 1. The highest BCUT2D eigenvalue weighted by Crippen LogP contribution is 2.24. The van der Waals surface area contributed by atoms with E-state index in [1.54, 1.807) is 54.6 Å². The number of carbonyl (C=O) groups is 2. The molecule has 4 rings (SSSR count). The molecule has 29 heavy (non-hydrogen) atoms. The van der Waals surface area contributed by atoms with Crippen LogP contribution in [0.25, 0.3) is 22.4 Å². The number of benzene rings is 3. The molecule has 0 radical (unpaired) electrons. The summed E-state index contributed by atoms with van der Waals surface area (Å²) in [6.07, 6.45) is 0. The smallest absolute Gasteiger partial charge is 0.337 e. The molecule has 0 saturated carbocycles. The number of hydrogen-bond donors (Lipinski definition) is 1. The molecule has 4 aromatic rings. The summed E-state index contributed by atoms with van der Waals surface area (Å²) < 4.78 is 5.79. The van der Waals surface area contributed by atoms with Gasteiger partial charge in [-0.2, -0.15) is 0 Å². The van der Waals surface area contributed by atoms with Gasteiger partial charge in [0, 0.05) is 22.9 Å². The van der Waals surface area contributed by atoms with Crippen LogP contribution in [0, 0.1) is 0 Å². The number of para-hydroxylation sites is 1. The van der Waals surface area contributed by atoms with E-state index in [2.05, 4.69) is 9.97 Å². The second-order valence-electron chi connectivity index (χ2n) is 6.31. The van der Waals surface area contributed by atoms with E-state index in [-0.39, 0.29) is 5.91 Å². The number of amides is 1. The maximum absolute atomic E-state index is 12.7. The van der Waals surface area contributed by atoms with Crippen molar-refractivity contribution in [1.82, 2.24) is 9.97 Å². The molecular weight excluding hydrogens is 390 g/mol. The van der Waals surface area contributed by atoms with E-state index < -0.39 is 5.97 Å². The fraction of sp³-hybridized carbons (Fsp3) is 0.0455. The predicted octanol–water partition coefficient (Wildman–Crippen LogP) is 4.82. The van der Waals surface area contributed by atoms with Crippen molar-refractivity contribution in [2.75, 3.05) is 11.5 Å². The maximum Gasteiger partial charge on any atom is 0.337 e. The van der Waals surface area contributed by atoms with E-state index in [1.807, 2.05) is 18.2 Å². The molecule has 0 aliphatic heterocycles. The summed E-state index contributed by atoms with van der Waals surface area (Å²) in [6, 6.07) is 21.1. The van der Waals surface area contributed by atoms with Crippen LogP contribution in [-0.4, -0.2) is 29.0 Å². The zero-order chi connectivity index (χ0) is 20.4. The SMILES string of the molecule is COC(=O)c1ccc(-c2nc3ccc(C(=O)N(Cl)c4ccccc4)cc3[nH]2)cc1. The van der Waals surface area contributed by atoms with Crippen LogP contribution in [0.1, 0.15) is 20.7 Å². The molecule has 7 heteroatoms. The number of imidazole rings is 1. The Morgan fingerprint density at radius 3 is 2.34 bits per heavy atom. The van der Waals surface area contributed by atoms with Gasteiger partial charge in [-0.05, 0) is 42.5 Å². The van der Waals surface area contributed by atoms with E-state index in [1.165, 1.54) is 7.11 Å². The number of fused-ring (bicyclic) bond motifs is 1. The quantitative estimate of drug-likeness (QED) is 0.390. The van der Waals surface area contributed by atoms with Crippen molar-refractivity contribution >= 4 is 40.4 Å². The normalized spacial score (nSPS) is 10.7. The van der Waals surface area contributed by atoms with Gasteiger partial charge in [0.15, 0.2) is 0 Å². The molecule has 0 aliphatic carbocycles. The van der Waals surface area contributed by atoms with E-state index in [9.17, 15) is 9.59 Å². The molecule has 0 unspecified atom stereocenters. The lowest BCUT2D eigenvalue weighted by atomic mass is 10.1. The summed E-state index contributed by atoms with van der Waals surface area (Å²) >= 11 is 6.22. The molecule has 1 amide bonds. The van der Waals surface area contributed by atoms with Crippen LogP contribution in [0.5, 0.6) is 0 Å². The molecule has 144 valence electrons. The first-order valence-electron chi connectivity index (χ1n) is 8.80. The first-order chi connectivity index (χ1) is 14.1. The van der Waals surface area contributed by atoms with Gasteiger partial charge >= 0.3 is 5.97 Å². The van der Waals surface area contributed by atoms with Crippen molar-refractivity contribution in [3.8, 4) is 11.4 Å². The Labute approximate surface area is 171 Å². The third-order valence-corrected chi connectivity index (χ3v) is 4.82. The lowest BCUT2D eigenvalue weighted by Crippen LogP contribution is -2.20. The third kappa shape index (κ3) is 3.70. The van der Waals surface area contributed by atoms with Crippen molar-refractivity contribution in [3.05, 3.63) is 83.9 Å². The molecule has 1 aromatic heterocycles. The topological polar surface area (TPSA) is 75.3 Å². The fourth-order valence-corrected chi connectivity index (χ4v) is 3.16. The Balaban J connectivity index is 1.62. The van der Waals surface area contributed by atoms with Crippen molar-refractivity contribution in [2.24, 2.45) is 0 Å². The first kappa shape index (κ1) is 18.7. The average molecular weight is 406 g/mol. The standard InChI is InChI=1S/C22H16ClN3O3/c1-29-22(28)15-9-7-14(8-10-15)20-24-18-12-11-16(13-19(18)25-20)21(27)26(23)17-5-3-2-4-6-17/h2-13H,1H3,(H,24,25). The molecule has 0 aliphatic rings. The number of nitrogens with zero attached hydrogens (tertiary/aromatic N) is 2. The Morgan fingerprint density at radius 2 is 1.66 bits per heavy atom. The Kier molecular flexibility index (Phi) is 5.01. The Morgan fingerprint density at radius 1 is 0.966 bits per heavy atom. The summed E-state index contributed by atoms with van der Waals surface area (Å²) in [5.74, 6) is -0.0986. The summed E-state index contributed by atoms with van der Waals surface area (Å²) in [7, 11) is 1.34. The number of aromatic amines is 1. The molecule has 0 bridgehead atoms. The van der Waals surface area contributed by atoms with Crippen LogP contribution in [0.2, 0.25) is 0 Å². The number of methoxy groups -OCH3 is 1. The van der Waals surface area contributed by atoms with Crippen LogP contribution in [0.15, 0.2) is 72.8 Å². The molecule has 1 heterocycles. The first-order valence-corrected chi connectivity index (χ1v) is 9.14. The molecule has 0 fully saturated rings. The van der Waals surface area contributed by atoms with Gasteiger partial charge in [-0.3, -0.25) is 4.79 Å². The lowest BCUT2D eigenvalue weighted by Gasteiger charge is -2.13. The van der Waals surface area contributed by atoms with E-state index >= 15 is 0 Å². The maximum atomic E-state index is 12.7. The second-order valence-corrected chi connectivity index (χ2v) is 6.65. The van der Waals surface area contributed by atoms with Crippen molar-refractivity contribution in [3.63, 3.8) is 0 Å². The van der Waals surface area contributed by atoms with Crippen LogP contribution >= 0.6 is 11.8 Å². The highest BCUT2D eigenvalue weighted by atomic mass is 35.5. The van der Waals surface area contributed by atoms with Gasteiger partial charge in [0.05, 0.1) is 29.4 Å². The van der Waals surface area contributed by atoms with Gasteiger partial charge in [-0.1, -0.05) is 30.3 Å². The zero-order valence-electron chi connectivity index (χ0n) is 15.4. The number of anilines is 1. The minimum absolute atomic E-state index is 0.335. The third-order valence-electron chi connectivity index (χ3n) is 4.47. The van der Waals surface area contributed by atoms with Crippen LogP contribution in [0.4, 0.5) is 5.69 Å². The largest absolute Gasteiger partial charge is 0.465 e. The molecule has 6 nitrogen and oxygen atoms in total. The summed E-state index contributed by atoms with van der Waals surface area (Å²) in [4.78, 5) is 32.0. The van der Waals surface area contributed by atoms with Crippen molar-refractivity contribution < 1.29 is 14.3 Å². The summed E-state index contributed by atoms with van der Waals surface area (Å²) in [5, 5.41) is 0. The van der Waals surface area contributed by atoms with Crippen molar-refractivity contribution in [1.29, 1.82) is 0 Å². The van der Waals surface area contributed by atoms with Gasteiger partial charge < -0.3 is 9.72 Å². The molecule has 1 N–H and O–H groups in total. The monoisotopic (exact) mass is 405 g/mol. The number of ether oxygens (including phenoxy) is 1. The van der Waals surface area contributed by atoms with E-state index in [0.29, 0.717) is 28.2 Å². The lowest BCUT2D eigenvalue weighted by molar-refractivity contribution is 0.0600. The van der Waals surface area contributed by atoms with E-state index in [4.69, 9.17) is 16.5 Å². The summed E-state index contributed by atoms with van der Waals surface area (Å²) in [5.41, 5.74) is 3.73. The molecule has 3 aromatic carbocycles. The second kappa shape index (κ2) is 7.77. The van der Waals surface area contributed by atoms with Crippen LogP contribution in [0.3, 0.4) is 0 Å². The number of halogens is 1. The van der Waals surface area contributed by atoms with Gasteiger partial charge in [0.1, 0.15) is 5.82 Å². The highest BCUT2D eigenvalue weighted by Gasteiger charge is 2.17. The zero-order valence-corrected chi connectivity index (χ0v) is 16.2. The van der Waals surface area contributed by atoms with Gasteiger partial charge in [-0.15, -0.1) is 0 Å². The summed E-state index contributed by atoms with van der Waals surface area (Å²) in [6.45, 7) is 0. The van der Waals surface area contributed by atoms with Crippen molar-refractivity contribution in [2.45, 2.75) is 0 Å². The van der Waals surface area contributed by atoms with Gasteiger partial charge in [0.25, 0.3) is 5.91 Å². The number of esters is 1. The fourth-order valence-electron chi connectivity index (χ4n) is 2.95. The molecule has 0 spiro atoms. The predicted molar refractivity (Wildman–Crippen MR) is 112 cm³/mol. The molecule has 0 atom stereocenters. The number of hydrogen-bond acceptors (Lipinski definition) is 4. The van der Waals surface area contributed by atoms with Gasteiger partial charge in [0.2, 0.25) is 0 Å². The Bertz CT molecular complexity index is 1190. The number of aromatic nitrogens is 2. The number of carbonyl (C=O) groups excluding carboxylic acids is 2. The number of rotatable bonds is 4. The Hall–Kier alpha value is -3.64. The minimum Gasteiger partial charge on any atom is -0.465 e. The van der Waals surface area contributed by atoms with Crippen LogP contribution in [-0.2, 0) is 4.74 Å². The molecule has 0 saturated heterocycles. The average Bonchev–Trinajstić information content (AvgIpc) is 3.21. The highest BCUT2D eigenvalue weighted by molar-refractivity contribution is 6.39. The minimum atomic E-state index is -0.395. The van der Waals surface area contributed by atoms with Gasteiger partial charge in [-0.25, -0.2) is 14.2 Å². The van der Waals surface area contributed by atoms with Crippen LogP contribution < -0.4 is 4.42 Å². The number of nitrogens with one attached hydrogen (secondary N) is 1. The van der Waals surface area contributed by atoms with E-state index in [0.717, 1.165) is 15.5 Å².